The van der Waals surface area contributed by atoms with Gasteiger partial charge in [0.1, 0.15) is 42.3 Å². The number of aliphatic hydroxyl groups is 1. The Bertz CT molecular complexity index is 1340. The van der Waals surface area contributed by atoms with Crippen molar-refractivity contribution in [2.45, 2.75) is 6.04 Å². The molecular formula is C26H22N2O7. The van der Waals surface area contributed by atoms with Crippen LogP contribution in [0.25, 0.3) is 5.76 Å². The van der Waals surface area contributed by atoms with E-state index in [9.17, 15) is 14.7 Å². The first-order chi connectivity index (χ1) is 17.0. The first kappa shape index (κ1) is 22.3. The Morgan fingerprint density at radius 2 is 1.80 bits per heavy atom. The molecule has 0 saturated carbocycles. The van der Waals surface area contributed by atoms with E-state index < -0.39 is 17.7 Å². The number of ketones is 1. The van der Waals surface area contributed by atoms with Gasteiger partial charge in [-0.05, 0) is 48.5 Å². The number of aliphatic hydroxyl groups excluding tert-OH is 1. The molecular weight excluding hydrogens is 452 g/mol. The number of fused-ring (bicyclic) bond motifs is 1. The molecule has 1 fully saturated rings. The molecule has 0 spiro atoms. The Hall–Kier alpha value is -4.53. The zero-order valence-electron chi connectivity index (χ0n) is 19.1. The van der Waals surface area contributed by atoms with Crippen LogP contribution in [0.4, 0.5) is 5.82 Å². The number of aromatic nitrogens is 1. The van der Waals surface area contributed by atoms with Crippen molar-refractivity contribution in [1.29, 1.82) is 0 Å². The SMILES string of the molecule is COc1ccc(OC)c(C2C(=C(O)c3ccc4c(c3)OCCO4)C(=O)C(=O)N2c2ccccn2)c1. The molecule has 0 bridgehead atoms. The number of hydrogen-bond donors (Lipinski definition) is 1. The molecule has 1 atom stereocenters. The highest BCUT2D eigenvalue weighted by atomic mass is 16.6. The quantitative estimate of drug-likeness (QED) is 0.340. The molecule has 178 valence electrons. The Morgan fingerprint density at radius 3 is 2.51 bits per heavy atom. The number of nitrogens with zero attached hydrogens (tertiary/aromatic N) is 2. The predicted octanol–water partition coefficient (Wildman–Crippen LogP) is 3.50. The molecule has 3 heterocycles. The third-order valence-electron chi connectivity index (χ3n) is 5.89. The molecule has 9 nitrogen and oxygen atoms in total. The number of carbonyl (C=O) groups is 2. The molecule has 1 saturated heterocycles. The largest absolute Gasteiger partial charge is 0.507 e. The summed E-state index contributed by atoms with van der Waals surface area (Å²) in [6, 6.07) is 13.9. The zero-order chi connectivity index (χ0) is 24.5. The van der Waals surface area contributed by atoms with Gasteiger partial charge in [-0.1, -0.05) is 6.07 Å². The van der Waals surface area contributed by atoms with Gasteiger partial charge < -0.3 is 24.1 Å². The summed E-state index contributed by atoms with van der Waals surface area (Å²) >= 11 is 0. The van der Waals surface area contributed by atoms with Crippen LogP contribution in [0.1, 0.15) is 17.2 Å². The fourth-order valence-corrected chi connectivity index (χ4v) is 4.26. The summed E-state index contributed by atoms with van der Waals surface area (Å²) in [5.41, 5.74) is 0.653. The number of amides is 1. The topological polar surface area (TPSA) is 107 Å². The predicted molar refractivity (Wildman–Crippen MR) is 126 cm³/mol. The van der Waals surface area contributed by atoms with Crippen LogP contribution < -0.4 is 23.8 Å². The second-order valence-corrected chi connectivity index (χ2v) is 7.82. The minimum Gasteiger partial charge on any atom is -0.507 e. The number of hydrogen-bond acceptors (Lipinski definition) is 8. The second kappa shape index (κ2) is 9.02. The zero-order valence-corrected chi connectivity index (χ0v) is 19.1. The molecule has 1 aromatic heterocycles. The Labute approximate surface area is 201 Å². The van der Waals surface area contributed by atoms with Crippen LogP contribution in [-0.4, -0.2) is 49.2 Å². The summed E-state index contributed by atoms with van der Waals surface area (Å²) in [4.78, 5) is 32.2. The van der Waals surface area contributed by atoms with E-state index in [4.69, 9.17) is 18.9 Å². The highest BCUT2D eigenvalue weighted by molar-refractivity contribution is 6.51. The molecule has 2 aliphatic heterocycles. The normalized spacial score (nSPS) is 18.5. The summed E-state index contributed by atoms with van der Waals surface area (Å²) in [5, 5.41) is 11.4. The molecule has 1 unspecified atom stereocenters. The lowest BCUT2D eigenvalue weighted by Crippen LogP contribution is -2.30. The number of anilines is 1. The molecule has 3 aromatic rings. The fourth-order valence-electron chi connectivity index (χ4n) is 4.26. The average molecular weight is 474 g/mol. The van der Waals surface area contributed by atoms with Gasteiger partial charge in [0.15, 0.2) is 11.5 Å². The van der Waals surface area contributed by atoms with E-state index in [1.807, 2.05) is 0 Å². The van der Waals surface area contributed by atoms with Gasteiger partial charge in [-0.3, -0.25) is 14.5 Å². The molecule has 0 radical (unpaired) electrons. The van der Waals surface area contributed by atoms with Crippen LogP contribution in [0.5, 0.6) is 23.0 Å². The lowest BCUT2D eigenvalue weighted by Gasteiger charge is -2.26. The van der Waals surface area contributed by atoms with Gasteiger partial charge in [0, 0.05) is 17.3 Å². The molecule has 1 N–H and O–H groups in total. The second-order valence-electron chi connectivity index (χ2n) is 7.82. The number of pyridine rings is 1. The maximum Gasteiger partial charge on any atom is 0.301 e. The van der Waals surface area contributed by atoms with Crippen LogP contribution in [-0.2, 0) is 9.59 Å². The molecule has 0 aliphatic carbocycles. The van der Waals surface area contributed by atoms with Gasteiger partial charge in [0.05, 0.1) is 19.8 Å². The van der Waals surface area contributed by atoms with Crippen LogP contribution in [0.15, 0.2) is 66.4 Å². The highest BCUT2D eigenvalue weighted by Gasteiger charge is 2.48. The van der Waals surface area contributed by atoms with E-state index in [-0.39, 0.29) is 17.2 Å². The van der Waals surface area contributed by atoms with Crippen molar-refractivity contribution in [3.05, 3.63) is 77.5 Å². The van der Waals surface area contributed by atoms with Crippen LogP contribution in [0, 0.1) is 0 Å². The maximum absolute atomic E-state index is 13.4. The van der Waals surface area contributed by atoms with E-state index in [1.54, 1.807) is 54.6 Å². The van der Waals surface area contributed by atoms with Gasteiger partial charge >= 0.3 is 5.91 Å². The molecule has 9 heteroatoms. The van der Waals surface area contributed by atoms with Crippen molar-refractivity contribution in [1.82, 2.24) is 4.98 Å². The summed E-state index contributed by atoms with van der Waals surface area (Å²) in [6.45, 7) is 0.783. The standard InChI is InChI=1S/C26H22N2O7/c1-32-16-7-9-18(33-2)17(14-16)23-22(25(30)26(31)28(23)21-5-3-4-10-27-21)24(29)15-6-8-19-20(13-15)35-12-11-34-19/h3-10,13-14,23,29H,11-12H2,1-2H3. The van der Waals surface area contributed by atoms with E-state index in [0.717, 1.165) is 0 Å². The van der Waals surface area contributed by atoms with E-state index >= 15 is 0 Å². The molecule has 5 rings (SSSR count). The summed E-state index contributed by atoms with van der Waals surface area (Å²) in [7, 11) is 3.00. The van der Waals surface area contributed by atoms with Gasteiger partial charge in [0.2, 0.25) is 0 Å². The smallest absolute Gasteiger partial charge is 0.301 e. The average Bonchev–Trinajstić information content (AvgIpc) is 3.17. The number of Topliss-reactive ketones (excluding diaryl/α,β-unsaturated/α-hetero) is 1. The Balaban J connectivity index is 1.74. The van der Waals surface area contributed by atoms with Gasteiger partial charge in [-0.15, -0.1) is 0 Å². The lowest BCUT2D eigenvalue weighted by molar-refractivity contribution is -0.132. The summed E-state index contributed by atoms with van der Waals surface area (Å²) in [5.74, 6) is 0.107. The highest BCUT2D eigenvalue weighted by Crippen LogP contribution is 2.46. The number of methoxy groups -OCH3 is 2. The minimum atomic E-state index is -1.02. The van der Waals surface area contributed by atoms with Gasteiger partial charge in [0.25, 0.3) is 5.78 Å². The van der Waals surface area contributed by atoms with Crippen molar-refractivity contribution in [2.24, 2.45) is 0 Å². The van der Waals surface area contributed by atoms with Crippen molar-refractivity contribution in [3.8, 4) is 23.0 Å². The molecule has 1 amide bonds. The maximum atomic E-state index is 13.4. The Morgan fingerprint density at radius 1 is 1.00 bits per heavy atom. The van der Waals surface area contributed by atoms with E-state index in [0.29, 0.717) is 47.3 Å². The van der Waals surface area contributed by atoms with Crippen molar-refractivity contribution in [3.63, 3.8) is 0 Å². The summed E-state index contributed by atoms with van der Waals surface area (Å²) < 4.78 is 22.1. The van der Waals surface area contributed by atoms with E-state index in [1.165, 1.54) is 25.3 Å². The van der Waals surface area contributed by atoms with Crippen molar-refractivity contribution >= 4 is 23.3 Å². The van der Waals surface area contributed by atoms with Crippen molar-refractivity contribution in [2.75, 3.05) is 32.3 Å². The minimum absolute atomic E-state index is 0.108. The van der Waals surface area contributed by atoms with Crippen molar-refractivity contribution < 1.29 is 33.6 Å². The molecule has 2 aromatic carbocycles. The summed E-state index contributed by atoms with van der Waals surface area (Å²) in [6.07, 6.45) is 1.52. The first-order valence-electron chi connectivity index (χ1n) is 10.9. The van der Waals surface area contributed by atoms with Crippen LogP contribution in [0.3, 0.4) is 0 Å². The molecule has 35 heavy (non-hydrogen) atoms. The monoisotopic (exact) mass is 474 g/mol. The van der Waals surface area contributed by atoms with Gasteiger partial charge in [-0.25, -0.2) is 4.98 Å². The van der Waals surface area contributed by atoms with Crippen LogP contribution >= 0.6 is 0 Å². The molecule has 2 aliphatic rings. The fraction of sp³-hybridized carbons (Fsp3) is 0.192. The first-order valence-corrected chi connectivity index (χ1v) is 10.9. The number of rotatable bonds is 5. The number of ether oxygens (including phenoxy) is 4. The third kappa shape index (κ3) is 3.80. The van der Waals surface area contributed by atoms with E-state index in [2.05, 4.69) is 4.98 Å². The number of carbonyl (C=O) groups excluding carboxylic acids is 2. The van der Waals surface area contributed by atoms with Gasteiger partial charge in [-0.2, -0.15) is 0 Å². The Kier molecular flexibility index (Phi) is 5.74. The van der Waals surface area contributed by atoms with Crippen LogP contribution in [0.2, 0.25) is 0 Å². The third-order valence-corrected chi connectivity index (χ3v) is 5.89. The number of benzene rings is 2. The lowest BCUT2D eigenvalue weighted by atomic mass is 9.94.